The summed E-state index contributed by atoms with van der Waals surface area (Å²) in [6, 6.07) is 0. The van der Waals surface area contributed by atoms with Crippen LogP contribution < -0.4 is 0 Å². The highest BCUT2D eigenvalue weighted by Gasteiger charge is 2.37. The zero-order chi connectivity index (χ0) is 13.0. The molecule has 0 saturated carbocycles. The van der Waals surface area contributed by atoms with Gasteiger partial charge >= 0.3 is 0 Å². The number of aliphatic hydroxyl groups is 3. The highest BCUT2D eigenvalue weighted by atomic mass is 16.5. The monoisotopic (exact) mass is 243 g/mol. The Bertz CT molecular complexity index is 340. The molecule has 3 N–H and O–H groups in total. The molecule has 0 saturated heterocycles. The zero-order valence-corrected chi connectivity index (χ0v) is 9.76. The molecule has 3 unspecified atom stereocenters. The van der Waals surface area contributed by atoms with Gasteiger partial charge in [-0.2, -0.15) is 0 Å². The van der Waals surface area contributed by atoms with E-state index in [2.05, 4.69) is 10.0 Å². The molecule has 17 heavy (non-hydrogen) atoms. The Morgan fingerprint density at radius 3 is 2.82 bits per heavy atom. The van der Waals surface area contributed by atoms with Gasteiger partial charge < -0.3 is 20.1 Å². The van der Waals surface area contributed by atoms with Crippen molar-refractivity contribution in [3.8, 4) is 0 Å². The Balaban J connectivity index is 2.71. The first-order valence-corrected chi connectivity index (χ1v) is 5.37. The lowest BCUT2D eigenvalue weighted by atomic mass is 9.89. The largest absolute Gasteiger partial charge is 0.492 e. The second kappa shape index (κ2) is 5.88. The molecule has 0 fully saturated rings. The van der Waals surface area contributed by atoms with Crippen molar-refractivity contribution in [1.82, 2.24) is 0 Å². The molecule has 0 aromatic rings. The lowest BCUT2D eigenvalue weighted by Crippen LogP contribution is -2.48. The Labute approximate surface area is 99.0 Å². The minimum absolute atomic E-state index is 0.233. The number of ether oxygens (including phenoxy) is 1. The van der Waals surface area contributed by atoms with Gasteiger partial charge in [0.1, 0.15) is 12.2 Å². The minimum Gasteiger partial charge on any atom is -0.492 e. The average molecular weight is 243 g/mol. The van der Waals surface area contributed by atoms with Crippen molar-refractivity contribution in [1.29, 1.82) is 0 Å². The smallest absolute Gasteiger partial charge is 0.132 e. The number of azide groups is 1. The van der Waals surface area contributed by atoms with Gasteiger partial charge in [0.15, 0.2) is 0 Å². The molecule has 1 rings (SSSR count). The molecule has 0 spiro atoms. The predicted octanol–water partition coefficient (Wildman–Crippen LogP) is 0.318. The Kier molecular flexibility index (Phi) is 4.77. The number of rotatable bonds is 4. The molecule has 7 heteroatoms. The van der Waals surface area contributed by atoms with E-state index in [9.17, 15) is 15.3 Å². The summed E-state index contributed by atoms with van der Waals surface area (Å²) in [6.07, 6.45) is -2.33. The van der Waals surface area contributed by atoms with Crippen molar-refractivity contribution < 1.29 is 20.1 Å². The van der Waals surface area contributed by atoms with Crippen LogP contribution in [0.4, 0.5) is 0 Å². The molecule has 0 radical (unpaired) electrons. The van der Waals surface area contributed by atoms with Crippen LogP contribution in [0.3, 0.4) is 0 Å². The highest BCUT2D eigenvalue weighted by molar-refractivity contribution is 5.05. The first-order chi connectivity index (χ1) is 7.97. The van der Waals surface area contributed by atoms with Crippen LogP contribution in [0.1, 0.15) is 13.8 Å². The van der Waals surface area contributed by atoms with Gasteiger partial charge in [-0.15, -0.1) is 0 Å². The molecule has 1 aliphatic rings. The van der Waals surface area contributed by atoms with Gasteiger partial charge in [-0.05, 0) is 18.5 Å². The van der Waals surface area contributed by atoms with Gasteiger partial charge in [-0.25, -0.2) is 0 Å². The van der Waals surface area contributed by atoms with Crippen molar-refractivity contribution in [3.63, 3.8) is 0 Å². The Morgan fingerprint density at radius 1 is 1.59 bits per heavy atom. The van der Waals surface area contributed by atoms with Crippen molar-refractivity contribution in [3.05, 3.63) is 22.3 Å². The minimum atomic E-state index is -1.21. The van der Waals surface area contributed by atoms with E-state index < -0.39 is 24.4 Å². The second-order valence-electron chi connectivity index (χ2n) is 4.18. The standard InChI is InChI=1S/C10H17N3O4/c1-5-3-7(14)6(2)10(17-5)9(16)8(15)4-12-13-11/h3,6-10,14-16H,4H2,1-2H3/t6-,7-,8?,9?,10?/m1/s1. The van der Waals surface area contributed by atoms with Crippen LogP contribution in [0.5, 0.6) is 0 Å². The summed E-state index contributed by atoms with van der Waals surface area (Å²) in [4.78, 5) is 2.50. The summed E-state index contributed by atoms with van der Waals surface area (Å²) in [5, 5.41) is 32.4. The summed E-state index contributed by atoms with van der Waals surface area (Å²) in [5.74, 6) is 0.144. The van der Waals surface area contributed by atoms with Crippen molar-refractivity contribution in [2.45, 2.75) is 38.3 Å². The molecule has 96 valence electrons. The third-order valence-electron chi connectivity index (χ3n) is 2.85. The van der Waals surface area contributed by atoms with Crippen LogP contribution >= 0.6 is 0 Å². The predicted molar refractivity (Wildman–Crippen MR) is 59.8 cm³/mol. The van der Waals surface area contributed by atoms with E-state index in [4.69, 9.17) is 10.3 Å². The van der Waals surface area contributed by atoms with Crippen LogP contribution in [-0.2, 0) is 4.74 Å². The number of aliphatic hydroxyl groups excluding tert-OH is 3. The zero-order valence-electron chi connectivity index (χ0n) is 9.76. The molecule has 1 aliphatic heterocycles. The van der Waals surface area contributed by atoms with Crippen LogP contribution in [0.15, 0.2) is 16.9 Å². The van der Waals surface area contributed by atoms with Gasteiger partial charge in [-0.3, -0.25) is 0 Å². The van der Waals surface area contributed by atoms with Gasteiger partial charge in [-0.1, -0.05) is 12.0 Å². The van der Waals surface area contributed by atoms with Crippen LogP contribution in [-0.4, -0.2) is 46.3 Å². The maximum Gasteiger partial charge on any atom is 0.132 e. The van der Waals surface area contributed by atoms with Crippen molar-refractivity contribution in [2.75, 3.05) is 6.54 Å². The summed E-state index contributed by atoms with van der Waals surface area (Å²) >= 11 is 0. The van der Waals surface area contributed by atoms with Crippen molar-refractivity contribution >= 4 is 0 Å². The van der Waals surface area contributed by atoms with Crippen LogP contribution in [0, 0.1) is 5.92 Å². The SMILES string of the molecule is CC1=C[C@@H](O)[C@@H](C)C(C(O)C(O)CN=[N+]=[N-])O1. The lowest BCUT2D eigenvalue weighted by Gasteiger charge is -2.36. The van der Waals surface area contributed by atoms with Gasteiger partial charge in [0.25, 0.3) is 0 Å². The van der Waals surface area contributed by atoms with Crippen LogP contribution in [0.25, 0.3) is 10.4 Å². The number of hydrogen-bond acceptors (Lipinski definition) is 5. The number of allylic oxidation sites excluding steroid dienone is 1. The number of nitrogens with zero attached hydrogens (tertiary/aromatic N) is 3. The van der Waals surface area contributed by atoms with E-state index in [1.54, 1.807) is 19.9 Å². The summed E-state index contributed by atoms with van der Waals surface area (Å²) < 4.78 is 5.39. The molecule has 0 bridgehead atoms. The molecule has 0 amide bonds. The van der Waals surface area contributed by atoms with Gasteiger partial charge in [0, 0.05) is 10.8 Å². The van der Waals surface area contributed by atoms with E-state index >= 15 is 0 Å². The second-order valence-corrected chi connectivity index (χ2v) is 4.18. The molecule has 1 heterocycles. The third kappa shape index (κ3) is 3.34. The Hall–Kier alpha value is -1.27. The molecule has 0 aromatic carbocycles. The fourth-order valence-corrected chi connectivity index (χ4v) is 1.78. The fourth-order valence-electron chi connectivity index (χ4n) is 1.78. The normalized spacial score (nSPS) is 31.8. The Morgan fingerprint density at radius 2 is 2.24 bits per heavy atom. The topological polar surface area (TPSA) is 119 Å². The molecular formula is C10H17N3O4. The third-order valence-corrected chi connectivity index (χ3v) is 2.85. The lowest BCUT2D eigenvalue weighted by molar-refractivity contribution is -0.111. The average Bonchev–Trinajstić information content (AvgIpc) is 2.29. The van der Waals surface area contributed by atoms with E-state index in [0.29, 0.717) is 5.76 Å². The van der Waals surface area contributed by atoms with E-state index in [-0.39, 0.29) is 12.5 Å². The molecule has 5 atom stereocenters. The van der Waals surface area contributed by atoms with E-state index in [0.717, 1.165) is 0 Å². The molecule has 7 nitrogen and oxygen atoms in total. The fraction of sp³-hybridized carbons (Fsp3) is 0.800. The van der Waals surface area contributed by atoms with Crippen molar-refractivity contribution in [2.24, 2.45) is 11.0 Å². The molecule has 0 aromatic heterocycles. The summed E-state index contributed by atoms with van der Waals surface area (Å²) in [5.41, 5.74) is 8.13. The molecular weight excluding hydrogens is 226 g/mol. The maximum absolute atomic E-state index is 9.88. The summed E-state index contributed by atoms with van der Waals surface area (Å²) in [6.45, 7) is 3.14. The highest BCUT2D eigenvalue weighted by Crippen LogP contribution is 2.26. The first kappa shape index (κ1) is 13.8. The summed E-state index contributed by atoms with van der Waals surface area (Å²) in [7, 11) is 0. The first-order valence-electron chi connectivity index (χ1n) is 5.37. The number of hydrogen-bond donors (Lipinski definition) is 3. The van der Waals surface area contributed by atoms with E-state index in [1.165, 1.54) is 0 Å². The maximum atomic E-state index is 9.88. The molecule has 0 aliphatic carbocycles. The van der Waals surface area contributed by atoms with Crippen LogP contribution in [0.2, 0.25) is 0 Å². The quantitative estimate of drug-likeness (QED) is 0.374. The van der Waals surface area contributed by atoms with Gasteiger partial charge in [0.05, 0.1) is 24.5 Å². The van der Waals surface area contributed by atoms with Gasteiger partial charge in [0.2, 0.25) is 0 Å². The van der Waals surface area contributed by atoms with E-state index in [1.807, 2.05) is 0 Å².